The molecule has 0 aliphatic heterocycles. The van der Waals surface area contributed by atoms with Gasteiger partial charge in [-0.05, 0) is 72.7 Å². The summed E-state index contributed by atoms with van der Waals surface area (Å²) >= 11 is 2.74. The largest absolute Gasteiger partial charge is 0.496 e. The van der Waals surface area contributed by atoms with E-state index in [1.54, 1.807) is 43.5 Å². The predicted octanol–water partition coefficient (Wildman–Crippen LogP) is 7.80. The Labute approximate surface area is 294 Å². The Kier molecular flexibility index (Phi) is 11.9. The molecule has 0 aliphatic carbocycles. The molecule has 5 rings (SSSR count). The van der Waals surface area contributed by atoms with Crippen LogP contribution < -0.4 is 25.6 Å². The number of anilines is 3. The third kappa shape index (κ3) is 9.37. The van der Waals surface area contributed by atoms with E-state index in [4.69, 9.17) is 4.74 Å². The van der Waals surface area contributed by atoms with Crippen molar-refractivity contribution in [2.75, 3.05) is 36.7 Å². The monoisotopic (exact) mass is 691 g/mol. The van der Waals surface area contributed by atoms with Gasteiger partial charge in [-0.3, -0.25) is 14.4 Å². The first-order chi connectivity index (χ1) is 23.7. The lowest BCUT2D eigenvalue weighted by Crippen LogP contribution is -2.30. The highest BCUT2D eigenvalue weighted by Crippen LogP contribution is 2.33. The molecular formula is C38H37N5O4S2. The van der Waals surface area contributed by atoms with Crippen LogP contribution in [0.25, 0.3) is 17.3 Å². The molecule has 4 aromatic carbocycles. The number of thiazole rings is 1. The Morgan fingerprint density at radius 1 is 0.918 bits per heavy atom. The van der Waals surface area contributed by atoms with Gasteiger partial charge in [0.2, 0.25) is 5.91 Å². The minimum absolute atomic E-state index is 0.0891. The topological polar surface area (TPSA) is 113 Å². The smallest absolute Gasteiger partial charge is 0.272 e. The first-order valence-electron chi connectivity index (χ1n) is 15.6. The van der Waals surface area contributed by atoms with Crippen LogP contribution in [-0.2, 0) is 9.59 Å². The summed E-state index contributed by atoms with van der Waals surface area (Å²) in [5, 5.41) is 10.6. The van der Waals surface area contributed by atoms with Crippen molar-refractivity contribution in [1.29, 1.82) is 0 Å². The average molecular weight is 692 g/mol. The molecule has 250 valence electrons. The number of thioether (sulfide) groups is 1. The predicted molar refractivity (Wildman–Crippen MR) is 200 cm³/mol. The highest BCUT2D eigenvalue weighted by Gasteiger charge is 2.21. The Morgan fingerprint density at radius 2 is 1.65 bits per heavy atom. The van der Waals surface area contributed by atoms with Crippen molar-refractivity contribution in [3.05, 3.63) is 125 Å². The van der Waals surface area contributed by atoms with E-state index in [0.717, 1.165) is 27.4 Å². The Balaban J connectivity index is 1.28. The second-order valence-electron chi connectivity index (χ2n) is 11.1. The summed E-state index contributed by atoms with van der Waals surface area (Å²) in [5.74, 6) is -0.345. The molecule has 0 spiro atoms. The molecule has 1 unspecified atom stereocenters. The van der Waals surface area contributed by atoms with E-state index in [0.29, 0.717) is 28.6 Å². The Morgan fingerprint density at radius 3 is 2.37 bits per heavy atom. The zero-order chi connectivity index (χ0) is 34.8. The van der Waals surface area contributed by atoms with Gasteiger partial charge in [0.15, 0.2) is 5.13 Å². The quantitative estimate of drug-likeness (QED) is 0.0853. The number of carbonyl (C=O) groups is 3. The van der Waals surface area contributed by atoms with Crippen LogP contribution in [-0.4, -0.2) is 49.2 Å². The van der Waals surface area contributed by atoms with E-state index in [1.807, 2.05) is 104 Å². The summed E-state index contributed by atoms with van der Waals surface area (Å²) < 4.78 is 5.46. The van der Waals surface area contributed by atoms with Crippen LogP contribution in [0.5, 0.6) is 5.75 Å². The van der Waals surface area contributed by atoms with Crippen LogP contribution in [0.4, 0.5) is 16.5 Å². The summed E-state index contributed by atoms with van der Waals surface area (Å²) in [7, 11) is 5.51. The molecule has 1 heterocycles. The maximum absolute atomic E-state index is 13.6. The number of para-hydroxylation sites is 1. The van der Waals surface area contributed by atoms with Gasteiger partial charge < -0.3 is 25.6 Å². The molecule has 49 heavy (non-hydrogen) atoms. The molecule has 1 atom stereocenters. The molecule has 0 bridgehead atoms. The fourth-order valence-electron chi connectivity index (χ4n) is 4.81. The van der Waals surface area contributed by atoms with Crippen LogP contribution in [0.2, 0.25) is 0 Å². The number of hydrogen-bond acceptors (Lipinski definition) is 8. The van der Waals surface area contributed by atoms with Gasteiger partial charge in [0.25, 0.3) is 11.8 Å². The number of aromatic nitrogens is 1. The summed E-state index contributed by atoms with van der Waals surface area (Å²) in [6, 6.07) is 31.3. The number of nitrogens with zero attached hydrogens (tertiary/aromatic N) is 2. The number of amides is 3. The molecule has 0 radical (unpaired) electrons. The Bertz CT molecular complexity index is 1940. The van der Waals surface area contributed by atoms with Gasteiger partial charge >= 0.3 is 0 Å². The van der Waals surface area contributed by atoms with E-state index < -0.39 is 17.1 Å². The SMILES string of the molecule is CCC(Sc1cccc(NC(=O)/C(=C\c2ccc(N(C)C)cc2)NC(=O)c2ccccc2)c1)C(=O)Nc1nc(-c2ccccc2OC)cs1. The number of methoxy groups -OCH3 is 1. The molecule has 9 nitrogen and oxygen atoms in total. The first kappa shape index (κ1) is 34.9. The number of benzene rings is 4. The molecule has 0 saturated heterocycles. The molecule has 11 heteroatoms. The highest BCUT2D eigenvalue weighted by molar-refractivity contribution is 8.00. The van der Waals surface area contributed by atoms with Gasteiger partial charge in [-0.2, -0.15) is 0 Å². The lowest BCUT2D eigenvalue weighted by Gasteiger charge is -2.15. The van der Waals surface area contributed by atoms with Crippen LogP contribution in [0, 0.1) is 0 Å². The average Bonchev–Trinajstić information content (AvgIpc) is 3.59. The standard InChI is InChI=1S/C38H37N5O4S2/c1-5-34(37(46)42-38-41-32(24-48-38)30-16-9-10-17-33(30)47-4)49-29-15-11-14-27(23-29)39-36(45)31(40-35(44)26-12-7-6-8-13-26)22-25-18-20-28(21-19-25)43(2)3/h6-24,34H,5H2,1-4H3,(H,39,45)(H,40,44)(H,41,42,46)/b31-22+. The van der Waals surface area contributed by atoms with Crippen molar-refractivity contribution in [1.82, 2.24) is 10.3 Å². The second kappa shape index (κ2) is 16.6. The second-order valence-corrected chi connectivity index (χ2v) is 13.2. The van der Waals surface area contributed by atoms with Gasteiger partial charge in [-0.1, -0.05) is 55.5 Å². The minimum Gasteiger partial charge on any atom is -0.496 e. The van der Waals surface area contributed by atoms with Crippen LogP contribution in [0.15, 0.2) is 119 Å². The van der Waals surface area contributed by atoms with Crippen molar-refractivity contribution in [3.8, 4) is 17.0 Å². The molecule has 3 amide bonds. The van der Waals surface area contributed by atoms with Crippen molar-refractivity contribution in [2.45, 2.75) is 23.5 Å². The van der Waals surface area contributed by atoms with Crippen molar-refractivity contribution in [3.63, 3.8) is 0 Å². The van der Waals surface area contributed by atoms with Crippen LogP contribution in [0.3, 0.4) is 0 Å². The zero-order valence-electron chi connectivity index (χ0n) is 27.6. The lowest BCUT2D eigenvalue weighted by molar-refractivity contribution is -0.116. The van der Waals surface area contributed by atoms with Crippen molar-refractivity contribution < 1.29 is 19.1 Å². The van der Waals surface area contributed by atoms with Crippen LogP contribution >= 0.6 is 23.1 Å². The summed E-state index contributed by atoms with van der Waals surface area (Å²) in [5.41, 5.74) is 4.37. The number of ether oxygens (including phenoxy) is 1. The van der Waals surface area contributed by atoms with E-state index in [1.165, 1.54) is 23.1 Å². The molecular weight excluding hydrogens is 655 g/mol. The fraction of sp³-hybridized carbons (Fsp3) is 0.158. The van der Waals surface area contributed by atoms with Crippen LogP contribution in [0.1, 0.15) is 29.3 Å². The van der Waals surface area contributed by atoms with Gasteiger partial charge in [0.05, 0.1) is 18.1 Å². The first-order valence-corrected chi connectivity index (χ1v) is 17.3. The molecule has 0 aliphatic rings. The van der Waals surface area contributed by atoms with E-state index >= 15 is 0 Å². The fourth-order valence-corrected chi connectivity index (χ4v) is 6.53. The van der Waals surface area contributed by atoms with Gasteiger partial charge in [0.1, 0.15) is 11.4 Å². The summed E-state index contributed by atoms with van der Waals surface area (Å²) in [6.07, 6.45) is 2.21. The van der Waals surface area contributed by atoms with Gasteiger partial charge in [-0.15, -0.1) is 23.1 Å². The van der Waals surface area contributed by atoms with Crippen molar-refractivity contribution in [2.24, 2.45) is 0 Å². The number of rotatable bonds is 13. The maximum Gasteiger partial charge on any atom is 0.272 e. The van der Waals surface area contributed by atoms with E-state index in [2.05, 4.69) is 20.9 Å². The minimum atomic E-state index is -0.484. The summed E-state index contributed by atoms with van der Waals surface area (Å²) in [6.45, 7) is 1.95. The number of carbonyl (C=O) groups excluding carboxylic acids is 3. The zero-order valence-corrected chi connectivity index (χ0v) is 29.2. The van der Waals surface area contributed by atoms with E-state index in [9.17, 15) is 14.4 Å². The normalized spacial score (nSPS) is 11.7. The third-order valence-corrected chi connectivity index (χ3v) is 9.52. The highest BCUT2D eigenvalue weighted by atomic mass is 32.2. The lowest BCUT2D eigenvalue weighted by atomic mass is 10.1. The molecule has 0 fully saturated rings. The maximum atomic E-state index is 13.6. The Hall–Kier alpha value is -5.39. The summed E-state index contributed by atoms with van der Waals surface area (Å²) in [4.78, 5) is 47.4. The molecule has 5 aromatic rings. The van der Waals surface area contributed by atoms with Gasteiger partial charge in [-0.25, -0.2) is 4.98 Å². The third-order valence-electron chi connectivity index (χ3n) is 7.40. The number of hydrogen-bond donors (Lipinski definition) is 3. The van der Waals surface area contributed by atoms with E-state index in [-0.39, 0.29) is 11.6 Å². The number of nitrogens with one attached hydrogen (secondary N) is 3. The van der Waals surface area contributed by atoms with Gasteiger partial charge in [0, 0.05) is 46.9 Å². The molecule has 0 saturated carbocycles. The molecule has 1 aromatic heterocycles. The van der Waals surface area contributed by atoms with Crippen molar-refractivity contribution >= 4 is 63.4 Å². The molecule has 3 N–H and O–H groups in total.